The molecule has 1 unspecified atom stereocenters. The van der Waals surface area contributed by atoms with E-state index in [4.69, 9.17) is 9.73 Å². The summed E-state index contributed by atoms with van der Waals surface area (Å²) in [5.74, 6) is 1.23. The number of aliphatic imine (C=N–C) groups is 1. The number of carbonyl (C=O) groups is 1. The van der Waals surface area contributed by atoms with Crippen LogP contribution in [0.5, 0.6) is 0 Å². The first kappa shape index (κ1) is 22.5. The number of thiazole rings is 1. The van der Waals surface area contributed by atoms with E-state index in [0.29, 0.717) is 19.0 Å². The van der Waals surface area contributed by atoms with Gasteiger partial charge in [-0.2, -0.15) is 0 Å². The van der Waals surface area contributed by atoms with E-state index >= 15 is 0 Å². The number of piperidine rings is 1. The van der Waals surface area contributed by atoms with Crippen LogP contribution in [0.3, 0.4) is 0 Å². The van der Waals surface area contributed by atoms with Gasteiger partial charge in [-0.1, -0.05) is 0 Å². The summed E-state index contributed by atoms with van der Waals surface area (Å²) >= 11 is 1.67. The van der Waals surface area contributed by atoms with Crippen molar-refractivity contribution < 1.29 is 9.53 Å². The molecule has 0 radical (unpaired) electrons. The average molecular weight is 410 g/mol. The lowest BCUT2D eigenvalue weighted by molar-refractivity contribution is 0.0170. The molecular weight excluding hydrogens is 374 g/mol. The number of amides is 1. The van der Waals surface area contributed by atoms with Crippen LogP contribution in [0.2, 0.25) is 0 Å². The SMILES string of the molecule is CCNC(=NCC1CCCN(C(=O)OC(C)(C)C)C1)N(C)Cc1csc(C)n1. The lowest BCUT2D eigenvalue weighted by atomic mass is 9.98. The molecule has 0 bridgehead atoms. The van der Waals surface area contributed by atoms with E-state index in [1.165, 1.54) is 0 Å². The summed E-state index contributed by atoms with van der Waals surface area (Å²) in [7, 11) is 2.03. The summed E-state index contributed by atoms with van der Waals surface area (Å²) in [4.78, 5) is 25.7. The largest absolute Gasteiger partial charge is 0.444 e. The number of likely N-dealkylation sites (tertiary alicyclic amines) is 1. The highest BCUT2D eigenvalue weighted by Crippen LogP contribution is 2.20. The van der Waals surface area contributed by atoms with Crippen molar-refractivity contribution in [2.45, 2.75) is 59.6 Å². The summed E-state index contributed by atoms with van der Waals surface area (Å²) < 4.78 is 5.52. The number of guanidine groups is 1. The molecule has 1 aliphatic rings. The molecule has 0 aromatic carbocycles. The predicted molar refractivity (Wildman–Crippen MR) is 115 cm³/mol. The van der Waals surface area contributed by atoms with Gasteiger partial charge in [0.15, 0.2) is 5.96 Å². The van der Waals surface area contributed by atoms with E-state index in [1.807, 2.05) is 39.6 Å². The maximum Gasteiger partial charge on any atom is 0.410 e. The minimum Gasteiger partial charge on any atom is -0.444 e. The Labute approximate surface area is 173 Å². The Morgan fingerprint density at radius 3 is 2.86 bits per heavy atom. The van der Waals surface area contributed by atoms with Crippen LogP contribution in [-0.4, -0.2) is 65.7 Å². The van der Waals surface area contributed by atoms with E-state index in [-0.39, 0.29) is 6.09 Å². The van der Waals surface area contributed by atoms with Gasteiger partial charge in [-0.25, -0.2) is 9.78 Å². The second-order valence-corrected chi connectivity index (χ2v) is 9.41. The molecule has 2 heterocycles. The highest BCUT2D eigenvalue weighted by Gasteiger charge is 2.27. The Kier molecular flexibility index (Phi) is 8.10. The summed E-state index contributed by atoms with van der Waals surface area (Å²) in [5.41, 5.74) is 0.598. The third-order valence-corrected chi connectivity index (χ3v) is 5.25. The maximum absolute atomic E-state index is 12.4. The number of aromatic nitrogens is 1. The lowest BCUT2D eigenvalue weighted by Gasteiger charge is -2.33. The zero-order chi connectivity index (χ0) is 20.7. The van der Waals surface area contributed by atoms with Crippen LogP contribution in [0.4, 0.5) is 4.79 Å². The number of hydrogen-bond donors (Lipinski definition) is 1. The molecule has 1 atom stereocenters. The van der Waals surface area contributed by atoms with Gasteiger partial charge in [-0.05, 0) is 53.4 Å². The Morgan fingerprint density at radius 1 is 1.50 bits per heavy atom. The molecule has 0 spiro atoms. The predicted octanol–water partition coefficient (Wildman–Crippen LogP) is 3.50. The minimum atomic E-state index is -0.461. The third kappa shape index (κ3) is 7.30. The highest BCUT2D eigenvalue weighted by atomic mass is 32.1. The van der Waals surface area contributed by atoms with Crippen molar-refractivity contribution in [2.24, 2.45) is 10.9 Å². The van der Waals surface area contributed by atoms with E-state index in [0.717, 1.165) is 49.1 Å². The number of ether oxygens (including phenoxy) is 1. The van der Waals surface area contributed by atoms with Crippen LogP contribution < -0.4 is 5.32 Å². The number of carbonyl (C=O) groups excluding carboxylic acids is 1. The molecule has 1 aromatic rings. The Hall–Kier alpha value is -1.83. The van der Waals surface area contributed by atoms with Crippen molar-refractivity contribution >= 4 is 23.4 Å². The molecule has 1 aromatic heterocycles. The molecule has 1 saturated heterocycles. The normalized spacial score (nSPS) is 18.1. The topological polar surface area (TPSA) is 70.1 Å². The first-order valence-corrected chi connectivity index (χ1v) is 10.9. The maximum atomic E-state index is 12.4. The fraction of sp³-hybridized carbons (Fsp3) is 0.750. The van der Waals surface area contributed by atoms with Crippen molar-refractivity contribution in [3.05, 3.63) is 16.1 Å². The molecule has 7 nitrogen and oxygen atoms in total. The van der Waals surface area contributed by atoms with Crippen LogP contribution in [0.15, 0.2) is 10.4 Å². The summed E-state index contributed by atoms with van der Waals surface area (Å²) in [6.07, 6.45) is 1.85. The molecule has 28 heavy (non-hydrogen) atoms. The van der Waals surface area contributed by atoms with Gasteiger partial charge >= 0.3 is 6.09 Å². The molecule has 0 saturated carbocycles. The molecule has 8 heteroatoms. The molecule has 1 aliphatic heterocycles. The molecule has 1 fully saturated rings. The zero-order valence-electron chi connectivity index (χ0n) is 18.1. The quantitative estimate of drug-likeness (QED) is 0.595. The van der Waals surface area contributed by atoms with E-state index in [1.54, 1.807) is 11.3 Å². The summed E-state index contributed by atoms with van der Waals surface area (Å²) in [6.45, 7) is 13.5. The van der Waals surface area contributed by atoms with Gasteiger partial charge in [0.25, 0.3) is 0 Å². The first-order chi connectivity index (χ1) is 13.2. The van der Waals surface area contributed by atoms with E-state index in [9.17, 15) is 4.79 Å². The molecule has 2 rings (SSSR count). The van der Waals surface area contributed by atoms with Crippen molar-refractivity contribution in [2.75, 3.05) is 33.2 Å². The van der Waals surface area contributed by atoms with Gasteiger partial charge in [0.2, 0.25) is 0 Å². The van der Waals surface area contributed by atoms with Crippen molar-refractivity contribution in [1.29, 1.82) is 0 Å². The number of nitrogens with one attached hydrogen (secondary N) is 1. The smallest absolute Gasteiger partial charge is 0.410 e. The summed E-state index contributed by atoms with van der Waals surface area (Å²) in [6, 6.07) is 0. The van der Waals surface area contributed by atoms with Crippen molar-refractivity contribution in [3.8, 4) is 0 Å². The third-order valence-electron chi connectivity index (χ3n) is 4.43. The van der Waals surface area contributed by atoms with Crippen LogP contribution in [0.1, 0.15) is 51.2 Å². The molecule has 158 valence electrons. The van der Waals surface area contributed by atoms with Gasteiger partial charge in [-0.3, -0.25) is 4.99 Å². The van der Waals surface area contributed by atoms with Crippen molar-refractivity contribution in [3.63, 3.8) is 0 Å². The van der Waals surface area contributed by atoms with Crippen LogP contribution in [0.25, 0.3) is 0 Å². The molecule has 1 N–H and O–H groups in total. The van der Waals surface area contributed by atoms with Crippen molar-refractivity contribution in [1.82, 2.24) is 20.1 Å². The molecular formula is C20H35N5O2S. The van der Waals surface area contributed by atoms with E-state index < -0.39 is 5.60 Å². The highest BCUT2D eigenvalue weighted by molar-refractivity contribution is 7.09. The Bertz CT molecular complexity index is 668. The fourth-order valence-electron chi connectivity index (χ4n) is 3.19. The Morgan fingerprint density at radius 2 is 2.25 bits per heavy atom. The zero-order valence-corrected chi connectivity index (χ0v) is 18.9. The van der Waals surface area contributed by atoms with Gasteiger partial charge in [0, 0.05) is 38.6 Å². The molecule has 1 amide bonds. The number of rotatable bonds is 5. The van der Waals surface area contributed by atoms with Gasteiger partial charge in [0.1, 0.15) is 5.60 Å². The Balaban J connectivity index is 1.94. The minimum absolute atomic E-state index is 0.218. The van der Waals surface area contributed by atoms with Crippen LogP contribution in [-0.2, 0) is 11.3 Å². The number of nitrogens with zero attached hydrogens (tertiary/aromatic N) is 4. The fourth-order valence-corrected chi connectivity index (χ4v) is 3.79. The van der Waals surface area contributed by atoms with Crippen LogP contribution >= 0.6 is 11.3 Å². The number of hydrogen-bond acceptors (Lipinski definition) is 5. The second kappa shape index (κ2) is 10.1. The van der Waals surface area contributed by atoms with Gasteiger partial charge in [-0.15, -0.1) is 11.3 Å². The monoisotopic (exact) mass is 409 g/mol. The second-order valence-electron chi connectivity index (χ2n) is 8.34. The standard InChI is InChI=1S/C20H35N5O2S/c1-7-21-18(24(6)13-17-14-28-15(2)23-17)22-11-16-9-8-10-25(12-16)19(26)27-20(3,4)5/h14,16H,7-13H2,1-6H3,(H,21,22). The lowest BCUT2D eigenvalue weighted by Crippen LogP contribution is -2.44. The van der Waals surface area contributed by atoms with Crippen LogP contribution in [0, 0.1) is 12.8 Å². The van der Waals surface area contributed by atoms with E-state index in [2.05, 4.69) is 27.5 Å². The summed E-state index contributed by atoms with van der Waals surface area (Å²) in [5, 5.41) is 6.53. The number of aryl methyl sites for hydroxylation is 1. The molecule has 0 aliphatic carbocycles. The van der Waals surface area contributed by atoms with Gasteiger partial charge < -0.3 is 19.9 Å². The average Bonchev–Trinajstić information content (AvgIpc) is 3.02. The van der Waals surface area contributed by atoms with Gasteiger partial charge in [0.05, 0.1) is 17.2 Å². The first-order valence-electron chi connectivity index (χ1n) is 10.1.